The van der Waals surface area contributed by atoms with Crippen LogP contribution in [-0.4, -0.2) is 25.1 Å². The highest BCUT2D eigenvalue weighted by Gasteiger charge is 2.12. The van der Waals surface area contributed by atoms with Crippen molar-refractivity contribution >= 4 is 17.3 Å². The topological polar surface area (TPSA) is 115 Å². The van der Waals surface area contributed by atoms with E-state index in [9.17, 15) is 4.79 Å². The van der Waals surface area contributed by atoms with E-state index in [4.69, 9.17) is 16.2 Å². The number of azo groups is 1. The predicted octanol–water partition coefficient (Wildman–Crippen LogP) is 5.52. The van der Waals surface area contributed by atoms with E-state index in [0.29, 0.717) is 19.5 Å². The molecule has 0 radical (unpaired) electrons. The molecule has 33 heavy (non-hydrogen) atoms. The molecule has 0 heterocycles. The van der Waals surface area contributed by atoms with Crippen molar-refractivity contribution in [1.29, 1.82) is 0 Å². The molecule has 0 aromatic heterocycles. The van der Waals surface area contributed by atoms with Crippen LogP contribution in [0.15, 0.2) is 58.8 Å². The van der Waals surface area contributed by atoms with Gasteiger partial charge in [0, 0.05) is 6.54 Å². The summed E-state index contributed by atoms with van der Waals surface area (Å²) in [5, 5.41) is 11.4. The first-order chi connectivity index (χ1) is 16.1. The number of nitrogens with one attached hydrogen (secondary N) is 1. The Bertz CT molecular complexity index is 822. The summed E-state index contributed by atoms with van der Waals surface area (Å²) < 4.78 is 5.78. The molecule has 0 saturated carbocycles. The van der Waals surface area contributed by atoms with Crippen molar-refractivity contribution in [2.24, 2.45) is 21.7 Å². The fourth-order valence-corrected chi connectivity index (χ4v) is 3.26. The van der Waals surface area contributed by atoms with Crippen LogP contribution in [0, 0.1) is 0 Å². The number of hydrogen-bond donors (Lipinski definition) is 3. The summed E-state index contributed by atoms with van der Waals surface area (Å²) in [5.74, 6) is 0.717. The number of hydrogen-bond acceptors (Lipinski definition) is 6. The van der Waals surface area contributed by atoms with Crippen LogP contribution in [-0.2, 0) is 11.3 Å². The lowest BCUT2D eigenvalue weighted by Gasteiger charge is -2.12. The zero-order valence-electron chi connectivity index (χ0n) is 19.8. The minimum Gasteiger partial charge on any atom is -0.494 e. The smallest absolute Gasteiger partial charge is 0.237 e. The monoisotopic (exact) mass is 453 g/mol. The lowest BCUT2D eigenvalue weighted by Crippen LogP contribution is -2.40. The number of amides is 1. The first kappa shape index (κ1) is 26.5. The molecule has 2 rings (SSSR count). The third-order valence-electron chi connectivity index (χ3n) is 5.34. The Morgan fingerprint density at radius 1 is 0.909 bits per heavy atom. The molecule has 1 amide bonds. The molecule has 7 nitrogen and oxygen atoms in total. The Hall–Kier alpha value is -2.77. The van der Waals surface area contributed by atoms with Crippen LogP contribution in [0.1, 0.15) is 63.9 Å². The molecule has 7 heteroatoms. The number of carbonyl (C=O) groups is 1. The summed E-state index contributed by atoms with van der Waals surface area (Å²) in [6.45, 7) is 4.02. The van der Waals surface area contributed by atoms with Gasteiger partial charge >= 0.3 is 0 Å². The van der Waals surface area contributed by atoms with Crippen LogP contribution in [0.4, 0.5) is 11.4 Å². The number of unbranched alkanes of at least 4 members (excludes halogenated alkanes) is 5. The highest BCUT2D eigenvalue weighted by Crippen LogP contribution is 2.22. The van der Waals surface area contributed by atoms with Gasteiger partial charge in [-0.25, -0.2) is 0 Å². The van der Waals surface area contributed by atoms with Gasteiger partial charge in [-0.15, -0.1) is 0 Å². The molecular formula is C26H39N5O2. The van der Waals surface area contributed by atoms with E-state index < -0.39 is 6.04 Å². The lowest BCUT2D eigenvalue weighted by atomic mass is 10.1. The molecule has 0 spiro atoms. The third-order valence-corrected chi connectivity index (χ3v) is 5.34. The number of carbonyl (C=O) groups excluding carboxylic acids is 1. The molecule has 0 aliphatic carbocycles. The van der Waals surface area contributed by atoms with Crippen LogP contribution in [0.3, 0.4) is 0 Å². The van der Waals surface area contributed by atoms with Gasteiger partial charge in [-0.05, 0) is 67.8 Å². The molecule has 2 aromatic carbocycles. The average Bonchev–Trinajstić information content (AvgIpc) is 2.84. The second-order valence-corrected chi connectivity index (χ2v) is 8.23. The minimum atomic E-state index is -0.493. The zero-order valence-corrected chi connectivity index (χ0v) is 19.8. The summed E-state index contributed by atoms with van der Waals surface area (Å²) in [5.41, 5.74) is 13.9. The van der Waals surface area contributed by atoms with E-state index in [-0.39, 0.29) is 5.91 Å². The summed E-state index contributed by atoms with van der Waals surface area (Å²) in [6, 6.07) is 14.8. The van der Waals surface area contributed by atoms with Crippen molar-refractivity contribution < 1.29 is 9.53 Å². The molecule has 0 fully saturated rings. The van der Waals surface area contributed by atoms with Crippen molar-refractivity contribution in [1.82, 2.24) is 5.32 Å². The second kappa shape index (κ2) is 15.9. The first-order valence-corrected chi connectivity index (χ1v) is 12.1. The Balaban J connectivity index is 1.73. The Morgan fingerprint density at radius 3 is 2.18 bits per heavy atom. The second-order valence-electron chi connectivity index (χ2n) is 8.23. The van der Waals surface area contributed by atoms with Crippen LogP contribution >= 0.6 is 0 Å². The Morgan fingerprint density at radius 2 is 1.55 bits per heavy atom. The van der Waals surface area contributed by atoms with E-state index in [1.54, 1.807) is 0 Å². The summed E-state index contributed by atoms with van der Waals surface area (Å²) in [4.78, 5) is 12.1. The molecule has 0 aliphatic rings. The fourth-order valence-electron chi connectivity index (χ4n) is 3.26. The van der Waals surface area contributed by atoms with Crippen molar-refractivity contribution in [3.8, 4) is 5.75 Å². The summed E-state index contributed by atoms with van der Waals surface area (Å²) in [6.07, 6.45) is 8.52. The highest BCUT2D eigenvalue weighted by atomic mass is 16.5. The van der Waals surface area contributed by atoms with Crippen molar-refractivity contribution in [3.63, 3.8) is 0 Å². The molecule has 0 bridgehead atoms. The highest BCUT2D eigenvalue weighted by molar-refractivity contribution is 5.81. The first-order valence-electron chi connectivity index (χ1n) is 12.1. The standard InChI is InChI=1S/C26H39N5O2/c1-2-3-4-5-8-19-33-24-16-14-23(15-17-24)31-30-22-12-10-21(11-13-22)20-29-26(32)25(28)9-6-7-18-27/h10-17,25H,2-9,18-20,27-28H2,1H3,(H,29,32)/t25-/m0/s1. The molecular weight excluding hydrogens is 414 g/mol. The normalized spacial score (nSPS) is 12.1. The SMILES string of the molecule is CCCCCCCOc1ccc(N=Nc2ccc(CNC(=O)[C@@H](N)CCCCN)cc2)cc1. The molecule has 0 saturated heterocycles. The maximum atomic E-state index is 12.1. The molecule has 1 atom stereocenters. The maximum absolute atomic E-state index is 12.1. The fraction of sp³-hybridized carbons (Fsp3) is 0.500. The quantitative estimate of drug-likeness (QED) is 0.229. The number of nitrogens with zero attached hydrogens (tertiary/aromatic N) is 2. The largest absolute Gasteiger partial charge is 0.494 e. The van der Waals surface area contributed by atoms with E-state index in [1.807, 2.05) is 48.5 Å². The van der Waals surface area contributed by atoms with Gasteiger partial charge in [0.15, 0.2) is 0 Å². The van der Waals surface area contributed by atoms with Crippen molar-refractivity contribution in [2.75, 3.05) is 13.2 Å². The number of nitrogens with two attached hydrogens (primary N) is 2. The molecule has 0 aliphatic heterocycles. The zero-order chi connectivity index (χ0) is 23.7. The van der Waals surface area contributed by atoms with E-state index in [1.165, 1.54) is 25.7 Å². The molecule has 5 N–H and O–H groups in total. The number of ether oxygens (including phenoxy) is 1. The van der Waals surface area contributed by atoms with Gasteiger partial charge in [0.05, 0.1) is 24.0 Å². The summed E-state index contributed by atoms with van der Waals surface area (Å²) in [7, 11) is 0. The van der Waals surface area contributed by atoms with Gasteiger partial charge in [0.2, 0.25) is 5.91 Å². The van der Waals surface area contributed by atoms with Gasteiger partial charge in [-0.2, -0.15) is 10.2 Å². The molecule has 180 valence electrons. The number of benzene rings is 2. The van der Waals surface area contributed by atoms with Crippen molar-refractivity contribution in [3.05, 3.63) is 54.1 Å². The van der Waals surface area contributed by atoms with Gasteiger partial charge < -0.3 is 21.5 Å². The predicted molar refractivity (Wildman–Crippen MR) is 134 cm³/mol. The Labute approximate surface area is 198 Å². The van der Waals surface area contributed by atoms with Crippen LogP contribution < -0.4 is 21.5 Å². The molecule has 0 unspecified atom stereocenters. The number of rotatable bonds is 16. The van der Waals surface area contributed by atoms with Gasteiger partial charge in [0.1, 0.15) is 5.75 Å². The van der Waals surface area contributed by atoms with Crippen LogP contribution in [0.5, 0.6) is 5.75 Å². The summed E-state index contributed by atoms with van der Waals surface area (Å²) >= 11 is 0. The van der Waals surface area contributed by atoms with Gasteiger partial charge in [-0.3, -0.25) is 4.79 Å². The van der Waals surface area contributed by atoms with E-state index in [2.05, 4.69) is 22.5 Å². The Kier molecular flexibility index (Phi) is 12.8. The lowest BCUT2D eigenvalue weighted by molar-refractivity contribution is -0.122. The third kappa shape index (κ3) is 11.1. The minimum absolute atomic E-state index is 0.139. The van der Waals surface area contributed by atoms with Crippen LogP contribution in [0.2, 0.25) is 0 Å². The van der Waals surface area contributed by atoms with Crippen molar-refractivity contribution in [2.45, 2.75) is 70.9 Å². The molecule has 2 aromatic rings. The van der Waals surface area contributed by atoms with Gasteiger partial charge in [-0.1, -0.05) is 51.2 Å². The van der Waals surface area contributed by atoms with Gasteiger partial charge in [0.25, 0.3) is 0 Å². The van der Waals surface area contributed by atoms with Crippen LogP contribution in [0.25, 0.3) is 0 Å². The van der Waals surface area contributed by atoms with E-state index in [0.717, 1.165) is 48.6 Å². The van der Waals surface area contributed by atoms with E-state index >= 15 is 0 Å². The maximum Gasteiger partial charge on any atom is 0.237 e. The average molecular weight is 454 g/mol.